The molecule has 2 aromatic carbocycles. The van der Waals surface area contributed by atoms with Crippen molar-refractivity contribution in [3.63, 3.8) is 0 Å². The van der Waals surface area contributed by atoms with Gasteiger partial charge in [0.1, 0.15) is 6.07 Å². The van der Waals surface area contributed by atoms with Crippen molar-refractivity contribution < 1.29 is 18.3 Å². The number of halogens is 2. The predicted octanol–water partition coefficient (Wildman–Crippen LogP) is 4.24. The van der Waals surface area contributed by atoms with Crippen LogP contribution in [0.25, 0.3) is 12.2 Å². The smallest absolute Gasteiger partial charge is 0.260 e. The third kappa shape index (κ3) is 5.33. The fraction of sp³-hybridized carbons (Fsp3) is 0.208. The van der Waals surface area contributed by atoms with Crippen molar-refractivity contribution in [2.75, 3.05) is 37.7 Å². The Morgan fingerprint density at radius 2 is 1.88 bits per heavy atom. The lowest BCUT2D eigenvalue weighted by Gasteiger charge is -2.34. The van der Waals surface area contributed by atoms with Crippen molar-refractivity contribution in [1.82, 2.24) is 9.88 Å². The zero-order chi connectivity index (χ0) is 23.2. The van der Waals surface area contributed by atoms with Gasteiger partial charge in [0.25, 0.3) is 5.91 Å². The molecule has 168 valence electrons. The summed E-state index contributed by atoms with van der Waals surface area (Å²) in [6.07, 6.45) is 3.43. The second kappa shape index (κ2) is 10.2. The summed E-state index contributed by atoms with van der Waals surface area (Å²) in [5.41, 5.74) is 0.985. The molecule has 7 nitrogen and oxygen atoms in total. The Kier molecular flexibility index (Phi) is 6.91. The summed E-state index contributed by atoms with van der Waals surface area (Å²) in [6, 6.07) is 15.4. The van der Waals surface area contributed by atoms with Crippen molar-refractivity contribution in [2.45, 2.75) is 0 Å². The molecule has 0 N–H and O–H groups in total. The van der Waals surface area contributed by atoms with Gasteiger partial charge in [-0.15, -0.1) is 0 Å². The fourth-order valence-electron chi connectivity index (χ4n) is 3.41. The first-order valence-electron chi connectivity index (χ1n) is 10.3. The standard InChI is InChI=1S/C24H20ClFN4O3/c25-18-6-2-1-5-17(18)9-10-22-28-20(15-27)24(33-22)30-13-11-29(12-14-30)23(31)16-32-21-8-4-3-7-19(21)26/h1-10H,11-14,16H2. The molecular formula is C24H20ClFN4O3. The van der Waals surface area contributed by atoms with E-state index in [0.717, 1.165) is 5.56 Å². The fourth-order valence-corrected chi connectivity index (χ4v) is 3.61. The summed E-state index contributed by atoms with van der Waals surface area (Å²) in [6.45, 7) is 1.50. The molecule has 1 aliphatic rings. The maximum atomic E-state index is 13.7. The summed E-state index contributed by atoms with van der Waals surface area (Å²) < 4.78 is 24.8. The molecule has 0 aliphatic carbocycles. The normalized spacial score (nSPS) is 13.8. The van der Waals surface area contributed by atoms with E-state index in [-0.39, 0.29) is 24.0 Å². The summed E-state index contributed by atoms with van der Waals surface area (Å²) in [4.78, 5) is 20.2. The number of rotatable bonds is 6. The van der Waals surface area contributed by atoms with Crippen LogP contribution in [0.15, 0.2) is 52.9 Å². The van der Waals surface area contributed by atoms with Crippen LogP contribution in [-0.4, -0.2) is 48.6 Å². The van der Waals surface area contributed by atoms with Crippen molar-refractivity contribution in [2.24, 2.45) is 0 Å². The molecule has 1 amide bonds. The Morgan fingerprint density at radius 3 is 2.61 bits per heavy atom. The van der Waals surface area contributed by atoms with Crippen LogP contribution in [0.1, 0.15) is 17.1 Å². The van der Waals surface area contributed by atoms with Crippen LogP contribution in [0.3, 0.4) is 0 Å². The average Bonchev–Trinajstić information content (AvgIpc) is 3.26. The third-order valence-electron chi connectivity index (χ3n) is 5.15. The number of nitrogens with zero attached hydrogens (tertiary/aromatic N) is 4. The van der Waals surface area contributed by atoms with Crippen LogP contribution in [0.2, 0.25) is 5.02 Å². The molecular weight excluding hydrogens is 447 g/mol. The molecule has 1 saturated heterocycles. The molecule has 2 heterocycles. The molecule has 33 heavy (non-hydrogen) atoms. The number of nitriles is 1. The summed E-state index contributed by atoms with van der Waals surface area (Å²) in [7, 11) is 0. The van der Waals surface area contributed by atoms with Crippen LogP contribution < -0.4 is 9.64 Å². The van der Waals surface area contributed by atoms with Crippen molar-refractivity contribution in [3.05, 3.63) is 76.5 Å². The highest BCUT2D eigenvalue weighted by Crippen LogP contribution is 2.25. The lowest BCUT2D eigenvalue weighted by molar-refractivity contribution is -0.133. The van der Waals surface area contributed by atoms with Gasteiger partial charge < -0.3 is 19.0 Å². The highest BCUT2D eigenvalue weighted by molar-refractivity contribution is 6.32. The highest BCUT2D eigenvalue weighted by Gasteiger charge is 2.26. The van der Waals surface area contributed by atoms with Gasteiger partial charge in [-0.25, -0.2) is 4.39 Å². The molecule has 0 saturated carbocycles. The Labute approximate surface area is 195 Å². The number of carbonyl (C=O) groups excluding carboxylic acids is 1. The molecule has 0 bridgehead atoms. The Hall–Kier alpha value is -3.83. The number of hydrogen-bond donors (Lipinski definition) is 0. The lowest BCUT2D eigenvalue weighted by atomic mass is 10.2. The van der Waals surface area contributed by atoms with Crippen LogP contribution in [0.5, 0.6) is 5.75 Å². The number of hydrogen-bond acceptors (Lipinski definition) is 6. The molecule has 3 aromatic rings. The molecule has 9 heteroatoms. The van der Waals surface area contributed by atoms with Crippen LogP contribution in [0.4, 0.5) is 10.3 Å². The zero-order valence-corrected chi connectivity index (χ0v) is 18.3. The molecule has 0 unspecified atom stereocenters. The number of benzene rings is 2. The number of anilines is 1. The molecule has 1 aromatic heterocycles. The van der Waals surface area contributed by atoms with Gasteiger partial charge in [0.2, 0.25) is 17.5 Å². The minimum atomic E-state index is -0.510. The monoisotopic (exact) mass is 466 g/mol. The predicted molar refractivity (Wildman–Crippen MR) is 122 cm³/mol. The van der Waals surface area contributed by atoms with E-state index in [1.54, 1.807) is 35.3 Å². The zero-order valence-electron chi connectivity index (χ0n) is 17.6. The molecule has 1 aliphatic heterocycles. The van der Waals surface area contributed by atoms with E-state index in [4.69, 9.17) is 20.8 Å². The maximum absolute atomic E-state index is 13.7. The van der Waals surface area contributed by atoms with Crippen molar-refractivity contribution in [3.8, 4) is 11.8 Å². The quantitative estimate of drug-likeness (QED) is 0.540. The van der Waals surface area contributed by atoms with Gasteiger partial charge in [0.15, 0.2) is 18.2 Å². The maximum Gasteiger partial charge on any atom is 0.260 e. The van der Waals surface area contributed by atoms with E-state index in [2.05, 4.69) is 11.1 Å². The highest BCUT2D eigenvalue weighted by atomic mass is 35.5. The largest absolute Gasteiger partial charge is 0.481 e. The lowest BCUT2D eigenvalue weighted by Crippen LogP contribution is -2.50. The molecule has 0 atom stereocenters. The number of amides is 1. The van der Waals surface area contributed by atoms with E-state index < -0.39 is 5.82 Å². The number of carbonyl (C=O) groups is 1. The Morgan fingerprint density at radius 1 is 1.15 bits per heavy atom. The molecule has 4 rings (SSSR count). The van der Waals surface area contributed by atoms with E-state index in [1.807, 2.05) is 23.1 Å². The number of ether oxygens (including phenoxy) is 1. The number of aromatic nitrogens is 1. The molecule has 0 spiro atoms. The summed E-state index contributed by atoms with van der Waals surface area (Å²) in [5.74, 6) is -0.0466. The van der Waals surface area contributed by atoms with Gasteiger partial charge in [-0.1, -0.05) is 41.9 Å². The van der Waals surface area contributed by atoms with Gasteiger partial charge in [-0.2, -0.15) is 10.2 Å². The second-order valence-electron chi connectivity index (χ2n) is 7.26. The summed E-state index contributed by atoms with van der Waals surface area (Å²) in [5, 5.41) is 10.1. The van der Waals surface area contributed by atoms with Gasteiger partial charge in [0, 0.05) is 37.3 Å². The van der Waals surface area contributed by atoms with Gasteiger partial charge >= 0.3 is 0 Å². The minimum absolute atomic E-state index is 0.0437. The first-order chi connectivity index (χ1) is 16.0. The van der Waals surface area contributed by atoms with E-state index >= 15 is 0 Å². The Balaban J connectivity index is 1.36. The van der Waals surface area contributed by atoms with Gasteiger partial charge in [-0.3, -0.25) is 4.79 Å². The van der Waals surface area contributed by atoms with E-state index in [0.29, 0.717) is 43.0 Å². The van der Waals surface area contributed by atoms with Crippen LogP contribution >= 0.6 is 11.6 Å². The average molecular weight is 467 g/mol. The minimum Gasteiger partial charge on any atom is -0.481 e. The van der Waals surface area contributed by atoms with Crippen LogP contribution in [0, 0.1) is 17.1 Å². The topological polar surface area (TPSA) is 82.6 Å². The summed E-state index contributed by atoms with van der Waals surface area (Å²) >= 11 is 6.16. The SMILES string of the molecule is N#Cc1nc(C=Cc2ccccc2Cl)oc1N1CCN(C(=O)COc2ccccc2F)CC1. The molecule has 1 fully saturated rings. The Bertz CT molecular complexity index is 1210. The number of piperazine rings is 1. The first kappa shape index (κ1) is 22.4. The molecule has 0 radical (unpaired) electrons. The second-order valence-corrected chi connectivity index (χ2v) is 7.67. The van der Waals surface area contributed by atoms with Gasteiger partial charge in [-0.05, 0) is 29.8 Å². The van der Waals surface area contributed by atoms with Crippen molar-refractivity contribution in [1.29, 1.82) is 5.26 Å². The van der Waals surface area contributed by atoms with Gasteiger partial charge in [0.05, 0.1) is 0 Å². The van der Waals surface area contributed by atoms with Crippen molar-refractivity contribution >= 4 is 35.5 Å². The van der Waals surface area contributed by atoms with E-state index in [9.17, 15) is 14.4 Å². The van der Waals surface area contributed by atoms with E-state index in [1.165, 1.54) is 12.1 Å². The number of oxazole rings is 1. The van der Waals surface area contributed by atoms with Crippen LogP contribution in [-0.2, 0) is 4.79 Å². The number of para-hydroxylation sites is 1. The first-order valence-corrected chi connectivity index (χ1v) is 10.7. The third-order valence-corrected chi connectivity index (χ3v) is 5.49.